The third-order valence-electron chi connectivity index (χ3n) is 2.39. The predicted molar refractivity (Wildman–Crippen MR) is 71.3 cm³/mol. The molecule has 0 aliphatic rings. The summed E-state index contributed by atoms with van der Waals surface area (Å²) in [6.07, 6.45) is 0.962. The molecule has 0 saturated carbocycles. The van der Waals surface area contributed by atoms with E-state index in [9.17, 15) is 9.18 Å². The fourth-order valence-corrected chi connectivity index (χ4v) is 2.26. The van der Waals surface area contributed by atoms with Gasteiger partial charge in [0.05, 0.1) is 5.56 Å². The van der Waals surface area contributed by atoms with Gasteiger partial charge >= 0.3 is 0 Å². The summed E-state index contributed by atoms with van der Waals surface area (Å²) in [7, 11) is 0. The number of carbonyl (C=O) groups excluding carboxylic acids is 1. The molecule has 0 aliphatic carbocycles. The Morgan fingerprint density at radius 1 is 1.59 bits per heavy atom. The average molecular weight is 323 g/mol. The standard InChI is InChI=1S/C12H14BrClFNO/c1-8(4-5-13)7-16-12(17)10-3-2-9(14)6-11(10)15/h2-3,6,8H,4-5,7H2,1H3,(H,16,17). The molecule has 1 atom stereocenters. The van der Waals surface area contributed by atoms with Crippen LogP contribution in [-0.2, 0) is 0 Å². The van der Waals surface area contributed by atoms with Crippen LogP contribution in [0.1, 0.15) is 23.7 Å². The van der Waals surface area contributed by atoms with Crippen molar-refractivity contribution in [3.63, 3.8) is 0 Å². The lowest BCUT2D eigenvalue weighted by atomic mass is 10.1. The maximum atomic E-state index is 13.4. The Hall–Kier alpha value is -0.610. The van der Waals surface area contributed by atoms with E-state index in [4.69, 9.17) is 11.6 Å². The van der Waals surface area contributed by atoms with Crippen LogP contribution < -0.4 is 5.32 Å². The molecule has 0 bridgehead atoms. The van der Waals surface area contributed by atoms with Crippen molar-refractivity contribution in [2.24, 2.45) is 5.92 Å². The monoisotopic (exact) mass is 321 g/mol. The number of benzene rings is 1. The number of carbonyl (C=O) groups is 1. The van der Waals surface area contributed by atoms with Crippen LogP contribution in [0.25, 0.3) is 0 Å². The number of rotatable bonds is 5. The van der Waals surface area contributed by atoms with Crippen molar-refractivity contribution < 1.29 is 9.18 Å². The molecule has 1 unspecified atom stereocenters. The Balaban J connectivity index is 2.58. The Kier molecular flexibility index (Phi) is 5.92. The SMILES string of the molecule is CC(CCBr)CNC(=O)c1ccc(Cl)cc1F. The number of nitrogens with one attached hydrogen (secondary N) is 1. The van der Waals surface area contributed by atoms with Crippen molar-refractivity contribution in [2.45, 2.75) is 13.3 Å². The topological polar surface area (TPSA) is 29.1 Å². The summed E-state index contributed by atoms with van der Waals surface area (Å²) in [5.74, 6) is -0.641. The first kappa shape index (κ1) is 14.5. The highest BCUT2D eigenvalue weighted by Crippen LogP contribution is 2.14. The summed E-state index contributed by atoms with van der Waals surface area (Å²) in [5, 5.41) is 3.87. The van der Waals surface area contributed by atoms with Crippen LogP contribution in [0.5, 0.6) is 0 Å². The summed E-state index contributed by atoms with van der Waals surface area (Å²) in [6, 6.07) is 4.03. The van der Waals surface area contributed by atoms with Gasteiger partial charge in [-0.05, 0) is 30.5 Å². The molecule has 0 saturated heterocycles. The minimum atomic E-state index is -0.594. The molecular weight excluding hydrogens is 308 g/mol. The normalized spacial score (nSPS) is 12.2. The van der Waals surface area contributed by atoms with E-state index < -0.39 is 11.7 Å². The van der Waals surface area contributed by atoms with Crippen molar-refractivity contribution >= 4 is 33.4 Å². The highest BCUT2D eigenvalue weighted by Gasteiger charge is 2.12. The molecule has 5 heteroatoms. The van der Waals surface area contributed by atoms with E-state index in [0.29, 0.717) is 12.5 Å². The van der Waals surface area contributed by atoms with E-state index >= 15 is 0 Å². The Morgan fingerprint density at radius 2 is 2.29 bits per heavy atom. The van der Waals surface area contributed by atoms with E-state index in [-0.39, 0.29) is 10.6 Å². The number of hydrogen-bond donors (Lipinski definition) is 1. The molecule has 0 radical (unpaired) electrons. The van der Waals surface area contributed by atoms with E-state index in [1.807, 2.05) is 6.92 Å². The van der Waals surface area contributed by atoms with Gasteiger partial charge < -0.3 is 5.32 Å². The maximum Gasteiger partial charge on any atom is 0.254 e. The number of hydrogen-bond acceptors (Lipinski definition) is 1. The highest BCUT2D eigenvalue weighted by molar-refractivity contribution is 9.09. The summed E-state index contributed by atoms with van der Waals surface area (Å²) in [6.45, 7) is 2.56. The minimum absolute atomic E-state index is 0.0282. The molecule has 0 spiro atoms. The largest absolute Gasteiger partial charge is 0.352 e. The molecule has 1 aromatic carbocycles. The zero-order valence-electron chi connectivity index (χ0n) is 9.47. The van der Waals surface area contributed by atoms with E-state index in [1.165, 1.54) is 12.1 Å². The fourth-order valence-electron chi connectivity index (χ4n) is 1.32. The highest BCUT2D eigenvalue weighted by atomic mass is 79.9. The molecule has 1 amide bonds. The maximum absolute atomic E-state index is 13.4. The summed E-state index contributed by atoms with van der Waals surface area (Å²) in [4.78, 5) is 11.7. The second-order valence-corrected chi connectivity index (χ2v) is 5.15. The van der Waals surface area contributed by atoms with Crippen molar-refractivity contribution in [1.82, 2.24) is 5.32 Å². The van der Waals surface area contributed by atoms with Gasteiger partial charge in [0.15, 0.2) is 0 Å². The third-order valence-corrected chi connectivity index (χ3v) is 3.08. The first-order valence-electron chi connectivity index (χ1n) is 5.33. The molecule has 0 heterocycles. The van der Waals surface area contributed by atoms with Gasteiger partial charge in [-0.2, -0.15) is 0 Å². The average Bonchev–Trinajstić information content (AvgIpc) is 2.26. The summed E-state index contributed by atoms with van der Waals surface area (Å²) < 4.78 is 13.4. The van der Waals surface area contributed by atoms with Crippen LogP contribution in [0, 0.1) is 11.7 Å². The number of alkyl halides is 1. The second-order valence-electron chi connectivity index (χ2n) is 3.92. The zero-order chi connectivity index (χ0) is 12.8. The van der Waals surface area contributed by atoms with Gasteiger partial charge in [0.2, 0.25) is 0 Å². The van der Waals surface area contributed by atoms with Crippen LogP contribution in [-0.4, -0.2) is 17.8 Å². The predicted octanol–water partition coefficient (Wildman–Crippen LogP) is 3.63. The van der Waals surface area contributed by atoms with Crippen LogP contribution in [0.2, 0.25) is 5.02 Å². The lowest BCUT2D eigenvalue weighted by Crippen LogP contribution is -2.29. The molecule has 94 valence electrons. The molecule has 0 aromatic heterocycles. The molecule has 17 heavy (non-hydrogen) atoms. The lowest BCUT2D eigenvalue weighted by Gasteiger charge is -2.11. The second kappa shape index (κ2) is 6.97. The summed E-state index contributed by atoms with van der Waals surface area (Å²) in [5.41, 5.74) is 0.0282. The van der Waals surface area contributed by atoms with Crippen molar-refractivity contribution in [3.8, 4) is 0 Å². The van der Waals surface area contributed by atoms with Gasteiger partial charge in [0.1, 0.15) is 5.82 Å². The molecular formula is C12H14BrClFNO. The number of halogens is 3. The van der Waals surface area contributed by atoms with E-state index in [1.54, 1.807) is 0 Å². The smallest absolute Gasteiger partial charge is 0.254 e. The zero-order valence-corrected chi connectivity index (χ0v) is 11.8. The van der Waals surface area contributed by atoms with Crippen molar-refractivity contribution in [2.75, 3.05) is 11.9 Å². The lowest BCUT2D eigenvalue weighted by molar-refractivity contribution is 0.0944. The molecule has 1 aromatic rings. The first-order valence-corrected chi connectivity index (χ1v) is 6.83. The fraction of sp³-hybridized carbons (Fsp3) is 0.417. The minimum Gasteiger partial charge on any atom is -0.352 e. The van der Waals surface area contributed by atoms with E-state index in [2.05, 4.69) is 21.2 Å². The Labute approximate surface area is 114 Å². The third kappa shape index (κ3) is 4.64. The van der Waals surface area contributed by atoms with E-state index in [0.717, 1.165) is 17.8 Å². The first-order chi connectivity index (χ1) is 8.04. The van der Waals surface area contributed by atoms with Gasteiger partial charge in [-0.3, -0.25) is 4.79 Å². The Morgan fingerprint density at radius 3 is 2.88 bits per heavy atom. The quantitative estimate of drug-likeness (QED) is 0.824. The molecule has 0 fully saturated rings. The van der Waals surface area contributed by atoms with Crippen LogP contribution in [0.3, 0.4) is 0 Å². The molecule has 2 nitrogen and oxygen atoms in total. The van der Waals surface area contributed by atoms with Crippen LogP contribution >= 0.6 is 27.5 Å². The van der Waals surface area contributed by atoms with Gasteiger partial charge in [-0.1, -0.05) is 34.5 Å². The van der Waals surface area contributed by atoms with Gasteiger partial charge in [-0.15, -0.1) is 0 Å². The van der Waals surface area contributed by atoms with Gasteiger partial charge in [0.25, 0.3) is 5.91 Å². The van der Waals surface area contributed by atoms with Gasteiger partial charge in [-0.25, -0.2) is 4.39 Å². The van der Waals surface area contributed by atoms with Gasteiger partial charge in [0, 0.05) is 16.9 Å². The molecule has 1 rings (SSSR count). The van der Waals surface area contributed by atoms with Crippen molar-refractivity contribution in [1.29, 1.82) is 0 Å². The Bertz CT molecular complexity index is 400. The van der Waals surface area contributed by atoms with Crippen molar-refractivity contribution in [3.05, 3.63) is 34.6 Å². The number of amides is 1. The van der Waals surface area contributed by atoms with Crippen LogP contribution in [0.4, 0.5) is 4.39 Å². The summed E-state index contributed by atoms with van der Waals surface area (Å²) >= 11 is 8.95. The van der Waals surface area contributed by atoms with Crippen LogP contribution in [0.15, 0.2) is 18.2 Å². The molecule has 1 N–H and O–H groups in total. The molecule has 0 aliphatic heterocycles.